The van der Waals surface area contributed by atoms with Crippen molar-refractivity contribution in [3.63, 3.8) is 0 Å². The number of aliphatic hydroxyl groups excluding tert-OH is 1. The van der Waals surface area contributed by atoms with E-state index in [1.165, 1.54) is 7.05 Å². The average Bonchev–Trinajstić information content (AvgIpc) is 2.02. The van der Waals surface area contributed by atoms with Gasteiger partial charge in [-0.1, -0.05) is 6.58 Å². The second-order valence-corrected chi connectivity index (χ2v) is 2.36. The summed E-state index contributed by atoms with van der Waals surface area (Å²) in [6, 6.07) is 0. The molecule has 0 spiro atoms. The lowest BCUT2D eigenvalue weighted by molar-refractivity contribution is -0.123. The first-order valence-electron chi connectivity index (χ1n) is 3.49. The lowest BCUT2D eigenvalue weighted by atomic mass is 10.2. The van der Waals surface area contributed by atoms with Crippen LogP contribution in [0.2, 0.25) is 0 Å². The molecule has 0 saturated heterocycles. The fourth-order valence-electron chi connectivity index (χ4n) is 0.879. The molecule has 0 atom stereocenters. The lowest BCUT2D eigenvalue weighted by Gasteiger charge is -2.18. The van der Waals surface area contributed by atoms with Crippen LogP contribution in [-0.2, 0) is 9.59 Å². The van der Waals surface area contributed by atoms with Gasteiger partial charge in [-0.25, -0.2) is 0 Å². The van der Waals surface area contributed by atoms with Gasteiger partial charge in [-0.15, -0.1) is 0 Å². The molecule has 0 aromatic rings. The first kappa shape index (κ1) is 9.11. The molecule has 4 N–H and O–H groups in total. The highest BCUT2D eigenvalue weighted by Crippen LogP contribution is 2.06. The maximum atomic E-state index is 11.1. The minimum Gasteiger partial charge on any atom is -0.494 e. The number of carbonyl (C=O) groups excluding carboxylic acids is 2. The molecule has 2 amide bonds. The summed E-state index contributed by atoms with van der Waals surface area (Å²) in [6.07, 6.45) is 0. The second kappa shape index (κ2) is 3.18. The minimum atomic E-state index is -0.680. The summed E-state index contributed by atoms with van der Waals surface area (Å²) in [5.41, 5.74) is -0.352. The highest BCUT2D eigenvalue weighted by atomic mass is 16.3. The van der Waals surface area contributed by atoms with Gasteiger partial charge in [-0.2, -0.15) is 0 Å². The summed E-state index contributed by atoms with van der Waals surface area (Å²) in [6.45, 7) is 3.37. The molecule has 1 aliphatic rings. The van der Waals surface area contributed by atoms with Crippen molar-refractivity contribution in [1.29, 1.82) is 0 Å². The van der Waals surface area contributed by atoms with Crippen LogP contribution < -0.4 is 16.0 Å². The fourth-order valence-corrected chi connectivity index (χ4v) is 0.879. The molecular weight excluding hydrogens is 174 g/mol. The number of rotatable bonds is 1. The summed E-state index contributed by atoms with van der Waals surface area (Å²) >= 11 is 0. The zero-order chi connectivity index (χ0) is 10.0. The molecule has 0 radical (unpaired) electrons. The summed E-state index contributed by atoms with van der Waals surface area (Å²) in [5.74, 6) is -1.70. The van der Waals surface area contributed by atoms with Gasteiger partial charge in [-0.05, 0) is 0 Å². The molecule has 0 saturated carbocycles. The Morgan fingerprint density at radius 2 is 2.15 bits per heavy atom. The van der Waals surface area contributed by atoms with Crippen LogP contribution in [0.3, 0.4) is 0 Å². The molecule has 0 aromatic heterocycles. The molecule has 13 heavy (non-hydrogen) atoms. The zero-order valence-corrected chi connectivity index (χ0v) is 6.97. The molecule has 0 unspecified atom stereocenters. The lowest BCUT2D eigenvalue weighted by Crippen LogP contribution is -2.43. The van der Waals surface area contributed by atoms with E-state index in [9.17, 15) is 14.7 Å². The maximum Gasteiger partial charge on any atom is 0.267 e. The van der Waals surface area contributed by atoms with Crippen LogP contribution in [0.15, 0.2) is 23.9 Å². The third kappa shape index (κ3) is 1.61. The standard InChI is InChI=1S/C7H9N3O3/c1-3-9-6(12)4(5(11)8-2)7(13)10-3/h9,12H,1H2,2H3,(H,8,11)(H,10,13). The largest absolute Gasteiger partial charge is 0.494 e. The van der Waals surface area contributed by atoms with Gasteiger partial charge in [0, 0.05) is 7.05 Å². The number of aliphatic hydroxyl groups is 1. The Balaban J connectivity index is 3.04. The van der Waals surface area contributed by atoms with Crippen LogP contribution in [0.4, 0.5) is 0 Å². The quantitative estimate of drug-likeness (QED) is 0.380. The van der Waals surface area contributed by atoms with E-state index >= 15 is 0 Å². The van der Waals surface area contributed by atoms with Gasteiger partial charge in [-0.3, -0.25) is 9.59 Å². The number of amides is 2. The monoisotopic (exact) mass is 183 g/mol. The molecule has 70 valence electrons. The van der Waals surface area contributed by atoms with Crippen molar-refractivity contribution in [2.75, 3.05) is 7.05 Å². The van der Waals surface area contributed by atoms with E-state index in [0.29, 0.717) is 0 Å². The molecule has 0 fully saturated rings. The van der Waals surface area contributed by atoms with Gasteiger partial charge < -0.3 is 21.1 Å². The van der Waals surface area contributed by atoms with E-state index in [-0.39, 0.29) is 11.4 Å². The molecule has 1 rings (SSSR count). The zero-order valence-electron chi connectivity index (χ0n) is 6.97. The second-order valence-electron chi connectivity index (χ2n) is 2.36. The van der Waals surface area contributed by atoms with Gasteiger partial charge in [0.05, 0.1) is 0 Å². The van der Waals surface area contributed by atoms with Crippen molar-refractivity contribution in [1.82, 2.24) is 16.0 Å². The molecule has 6 nitrogen and oxygen atoms in total. The van der Waals surface area contributed by atoms with Crippen molar-refractivity contribution < 1.29 is 14.7 Å². The Morgan fingerprint density at radius 1 is 1.54 bits per heavy atom. The molecule has 0 bridgehead atoms. The van der Waals surface area contributed by atoms with Crippen LogP contribution in [0.1, 0.15) is 0 Å². The van der Waals surface area contributed by atoms with Gasteiger partial charge in [0.15, 0.2) is 5.57 Å². The molecule has 1 heterocycles. The first-order valence-corrected chi connectivity index (χ1v) is 3.49. The predicted octanol–water partition coefficient (Wildman–Crippen LogP) is -1.31. The Kier molecular flexibility index (Phi) is 2.23. The van der Waals surface area contributed by atoms with E-state index in [2.05, 4.69) is 22.5 Å². The third-order valence-electron chi connectivity index (χ3n) is 1.45. The smallest absolute Gasteiger partial charge is 0.267 e. The number of hydrogen-bond donors (Lipinski definition) is 4. The molecule has 0 aliphatic carbocycles. The van der Waals surface area contributed by atoms with Crippen molar-refractivity contribution in [2.45, 2.75) is 0 Å². The Labute approximate surface area is 74.3 Å². The maximum absolute atomic E-state index is 11.1. The van der Waals surface area contributed by atoms with E-state index in [1.807, 2.05) is 0 Å². The van der Waals surface area contributed by atoms with Crippen LogP contribution in [0.5, 0.6) is 0 Å². The highest BCUT2D eigenvalue weighted by molar-refractivity contribution is 6.19. The highest BCUT2D eigenvalue weighted by Gasteiger charge is 2.27. The minimum absolute atomic E-state index is 0.134. The van der Waals surface area contributed by atoms with Crippen LogP contribution in [0.25, 0.3) is 0 Å². The molecular formula is C7H9N3O3. The van der Waals surface area contributed by atoms with Crippen molar-refractivity contribution in [3.8, 4) is 0 Å². The van der Waals surface area contributed by atoms with Gasteiger partial charge in [0.1, 0.15) is 5.82 Å². The van der Waals surface area contributed by atoms with Gasteiger partial charge in [0.2, 0.25) is 5.88 Å². The first-order chi connectivity index (χ1) is 6.06. The van der Waals surface area contributed by atoms with Crippen LogP contribution in [-0.4, -0.2) is 24.0 Å². The van der Waals surface area contributed by atoms with Crippen molar-refractivity contribution in [3.05, 3.63) is 23.9 Å². The van der Waals surface area contributed by atoms with E-state index in [0.717, 1.165) is 0 Å². The number of likely N-dealkylation sites (N-methyl/N-ethyl adjacent to an activating group) is 1. The van der Waals surface area contributed by atoms with Crippen molar-refractivity contribution >= 4 is 11.8 Å². The SMILES string of the molecule is C=C1NC(=O)C(C(=O)NC)=C(O)N1. The number of hydrogen-bond acceptors (Lipinski definition) is 4. The molecule has 0 aromatic carbocycles. The topological polar surface area (TPSA) is 90.5 Å². The van der Waals surface area contributed by atoms with Crippen LogP contribution in [0, 0.1) is 0 Å². The van der Waals surface area contributed by atoms with E-state index < -0.39 is 17.7 Å². The Hall–Kier alpha value is -1.98. The summed E-state index contributed by atoms with van der Waals surface area (Å²) in [7, 11) is 1.36. The third-order valence-corrected chi connectivity index (χ3v) is 1.45. The molecule has 1 aliphatic heterocycles. The van der Waals surface area contributed by atoms with Gasteiger partial charge in [0.25, 0.3) is 11.8 Å². The summed E-state index contributed by atoms with van der Waals surface area (Å²) < 4.78 is 0. The molecule has 6 heteroatoms. The van der Waals surface area contributed by atoms with E-state index in [4.69, 9.17) is 0 Å². The fraction of sp³-hybridized carbons (Fsp3) is 0.143. The van der Waals surface area contributed by atoms with Gasteiger partial charge >= 0.3 is 0 Å². The normalized spacial score (nSPS) is 16.4. The predicted molar refractivity (Wildman–Crippen MR) is 44.1 cm³/mol. The number of carbonyl (C=O) groups is 2. The average molecular weight is 183 g/mol. The summed E-state index contributed by atoms with van der Waals surface area (Å²) in [4.78, 5) is 22.2. The van der Waals surface area contributed by atoms with Crippen molar-refractivity contribution in [2.24, 2.45) is 0 Å². The summed E-state index contributed by atoms with van der Waals surface area (Å²) in [5, 5.41) is 16.0. The van der Waals surface area contributed by atoms with Crippen LogP contribution >= 0.6 is 0 Å². The number of nitrogens with one attached hydrogen (secondary N) is 3. The van der Waals surface area contributed by atoms with E-state index in [1.54, 1.807) is 0 Å². The Bertz CT molecular complexity index is 319. The Morgan fingerprint density at radius 3 is 2.62 bits per heavy atom.